The number of hydrogen-bond acceptors (Lipinski definition) is 1. The minimum absolute atomic E-state index is 0.260. The Kier molecular flexibility index (Phi) is 2.91. The third-order valence-corrected chi connectivity index (χ3v) is 4.13. The molecule has 1 fully saturated rings. The van der Waals surface area contributed by atoms with Gasteiger partial charge in [-0.25, -0.2) is 0 Å². The summed E-state index contributed by atoms with van der Waals surface area (Å²) in [5, 5.41) is 2.33. The Bertz CT molecular complexity index is 592. The minimum atomic E-state index is 0.260. The summed E-state index contributed by atoms with van der Waals surface area (Å²) in [6, 6.07) is 12.3. The standard InChI is InChI=1S/C17H18O/c1-12-10-11-16(15-9-5-4-8-14(12)15)17(18)13-6-2-3-7-13/h4-5,8-11,13H,2-3,6-7H2,1H3. The second-order valence-corrected chi connectivity index (χ2v) is 5.32. The molecular weight excluding hydrogens is 220 g/mol. The molecule has 2 aromatic rings. The van der Waals surface area contributed by atoms with Gasteiger partial charge in [0, 0.05) is 11.5 Å². The molecule has 1 aliphatic rings. The number of aryl methyl sites for hydroxylation is 1. The van der Waals surface area contributed by atoms with Gasteiger partial charge in [0.15, 0.2) is 5.78 Å². The van der Waals surface area contributed by atoms with Crippen LogP contribution < -0.4 is 0 Å². The average molecular weight is 238 g/mol. The van der Waals surface area contributed by atoms with Crippen molar-refractivity contribution in [1.29, 1.82) is 0 Å². The van der Waals surface area contributed by atoms with Crippen molar-refractivity contribution in [3.05, 3.63) is 47.5 Å². The van der Waals surface area contributed by atoms with Crippen LogP contribution in [0.3, 0.4) is 0 Å². The van der Waals surface area contributed by atoms with Gasteiger partial charge >= 0.3 is 0 Å². The van der Waals surface area contributed by atoms with E-state index < -0.39 is 0 Å². The van der Waals surface area contributed by atoms with Gasteiger partial charge in [-0.1, -0.05) is 49.2 Å². The fourth-order valence-corrected chi connectivity index (χ4v) is 3.07. The number of carbonyl (C=O) groups excluding carboxylic acids is 1. The van der Waals surface area contributed by atoms with E-state index in [-0.39, 0.29) is 5.92 Å². The third kappa shape index (κ3) is 1.84. The maximum absolute atomic E-state index is 12.6. The summed E-state index contributed by atoms with van der Waals surface area (Å²) in [4.78, 5) is 12.6. The van der Waals surface area contributed by atoms with Gasteiger partial charge in [0.25, 0.3) is 0 Å². The Morgan fingerprint density at radius 2 is 1.67 bits per heavy atom. The SMILES string of the molecule is Cc1ccc(C(=O)C2CCCC2)c2ccccc12. The molecule has 1 nitrogen and oxygen atoms in total. The van der Waals surface area contributed by atoms with E-state index in [1.807, 2.05) is 18.2 Å². The molecule has 92 valence electrons. The van der Waals surface area contributed by atoms with Crippen LogP contribution in [0.2, 0.25) is 0 Å². The molecule has 0 unspecified atom stereocenters. The van der Waals surface area contributed by atoms with E-state index in [4.69, 9.17) is 0 Å². The fourth-order valence-electron chi connectivity index (χ4n) is 3.07. The summed E-state index contributed by atoms with van der Waals surface area (Å²) in [6.45, 7) is 2.10. The lowest BCUT2D eigenvalue weighted by molar-refractivity contribution is 0.0924. The zero-order valence-corrected chi connectivity index (χ0v) is 10.8. The lowest BCUT2D eigenvalue weighted by Gasteiger charge is -2.12. The van der Waals surface area contributed by atoms with E-state index >= 15 is 0 Å². The molecule has 1 aliphatic carbocycles. The Morgan fingerprint density at radius 1 is 1.00 bits per heavy atom. The summed E-state index contributed by atoms with van der Waals surface area (Å²) in [5.41, 5.74) is 2.16. The molecule has 0 aliphatic heterocycles. The van der Waals surface area contributed by atoms with Crippen LogP contribution in [0.15, 0.2) is 36.4 Å². The predicted molar refractivity (Wildman–Crippen MR) is 75.0 cm³/mol. The fraction of sp³-hybridized carbons (Fsp3) is 0.353. The quantitative estimate of drug-likeness (QED) is 0.703. The first-order valence-electron chi connectivity index (χ1n) is 6.80. The van der Waals surface area contributed by atoms with Gasteiger partial charge in [0.05, 0.1) is 0 Å². The van der Waals surface area contributed by atoms with Crippen molar-refractivity contribution in [2.24, 2.45) is 5.92 Å². The number of hydrogen-bond donors (Lipinski definition) is 0. The zero-order valence-electron chi connectivity index (χ0n) is 10.8. The summed E-state index contributed by atoms with van der Waals surface area (Å²) in [7, 11) is 0. The van der Waals surface area contributed by atoms with E-state index in [1.165, 1.54) is 23.8 Å². The molecule has 0 amide bonds. The zero-order chi connectivity index (χ0) is 12.5. The van der Waals surface area contributed by atoms with E-state index in [2.05, 4.69) is 25.1 Å². The lowest BCUT2D eigenvalue weighted by atomic mass is 9.91. The van der Waals surface area contributed by atoms with Crippen LogP contribution in [0.25, 0.3) is 10.8 Å². The van der Waals surface area contributed by atoms with Crippen LogP contribution >= 0.6 is 0 Å². The highest BCUT2D eigenvalue weighted by Gasteiger charge is 2.24. The van der Waals surface area contributed by atoms with Crippen molar-refractivity contribution in [2.75, 3.05) is 0 Å². The number of fused-ring (bicyclic) bond motifs is 1. The monoisotopic (exact) mass is 238 g/mol. The van der Waals surface area contributed by atoms with Crippen molar-refractivity contribution in [1.82, 2.24) is 0 Å². The molecular formula is C17H18O. The van der Waals surface area contributed by atoms with E-state index in [0.29, 0.717) is 5.78 Å². The van der Waals surface area contributed by atoms with Crippen LogP contribution in [0.5, 0.6) is 0 Å². The van der Waals surface area contributed by atoms with Gasteiger partial charge in [-0.3, -0.25) is 4.79 Å². The number of Topliss-reactive ketones (excluding diaryl/α,β-unsaturated/α-hetero) is 1. The highest BCUT2D eigenvalue weighted by molar-refractivity contribution is 6.09. The highest BCUT2D eigenvalue weighted by Crippen LogP contribution is 2.31. The van der Waals surface area contributed by atoms with E-state index in [0.717, 1.165) is 23.8 Å². The summed E-state index contributed by atoms with van der Waals surface area (Å²) in [6.07, 6.45) is 4.56. The van der Waals surface area contributed by atoms with Gasteiger partial charge in [-0.2, -0.15) is 0 Å². The lowest BCUT2D eigenvalue weighted by Crippen LogP contribution is -2.11. The number of carbonyl (C=O) groups is 1. The smallest absolute Gasteiger partial charge is 0.166 e. The molecule has 0 aromatic heterocycles. The maximum Gasteiger partial charge on any atom is 0.166 e. The summed E-state index contributed by atoms with van der Waals surface area (Å²) >= 11 is 0. The van der Waals surface area contributed by atoms with Crippen LogP contribution in [-0.4, -0.2) is 5.78 Å². The van der Waals surface area contributed by atoms with Crippen LogP contribution in [0, 0.1) is 12.8 Å². The first-order valence-corrected chi connectivity index (χ1v) is 6.80. The molecule has 0 N–H and O–H groups in total. The van der Waals surface area contributed by atoms with E-state index in [9.17, 15) is 4.79 Å². The van der Waals surface area contributed by atoms with Gasteiger partial charge in [0.2, 0.25) is 0 Å². The van der Waals surface area contributed by atoms with Crippen LogP contribution in [0.4, 0.5) is 0 Å². The number of rotatable bonds is 2. The Balaban J connectivity index is 2.11. The predicted octanol–water partition coefficient (Wildman–Crippen LogP) is 4.52. The molecule has 1 heteroatoms. The van der Waals surface area contributed by atoms with E-state index in [1.54, 1.807) is 0 Å². The van der Waals surface area contributed by atoms with Crippen molar-refractivity contribution >= 4 is 16.6 Å². The van der Waals surface area contributed by atoms with Crippen molar-refractivity contribution in [3.8, 4) is 0 Å². The summed E-state index contributed by atoms with van der Waals surface area (Å²) < 4.78 is 0. The third-order valence-electron chi connectivity index (χ3n) is 4.13. The molecule has 2 aromatic carbocycles. The first-order chi connectivity index (χ1) is 8.77. The number of ketones is 1. The Morgan fingerprint density at radius 3 is 2.39 bits per heavy atom. The Labute approximate surface area is 108 Å². The largest absolute Gasteiger partial charge is 0.294 e. The molecule has 0 atom stereocenters. The second-order valence-electron chi connectivity index (χ2n) is 5.32. The normalized spacial score (nSPS) is 16.3. The summed E-state index contributed by atoms with van der Waals surface area (Å²) in [5.74, 6) is 0.611. The van der Waals surface area contributed by atoms with Crippen molar-refractivity contribution in [2.45, 2.75) is 32.6 Å². The Hall–Kier alpha value is -1.63. The van der Waals surface area contributed by atoms with Crippen LogP contribution in [-0.2, 0) is 0 Å². The molecule has 1 saturated carbocycles. The highest BCUT2D eigenvalue weighted by atomic mass is 16.1. The maximum atomic E-state index is 12.6. The van der Waals surface area contributed by atoms with Crippen molar-refractivity contribution in [3.63, 3.8) is 0 Å². The topological polar surface area (TPSA) is 17.1 Å². The molecule has 0 radical (unpaired) electrons. The average Bonchev–Trinajstić information content (AvgIpc) is 2.93. The first kappa shape index (κ1) is 11.5. The van der Waals surface area contributed by atoms with Gasteiger partial charge in [0.1, 0.15) is 0 Å². The number of benzene rings is 2. The van der Waals surface area contributed by atoms with Crippen molar-refractivity contribution < 1.29 is 4.79 Å². The molecule has 0 saturated heterocycles. The molecule has 0 heterocycles. The van der Waals surface area contributed by atoms with Gasteiger partial charge < -0.3 is 0 Å². The second kappa shape index (κ2) is 4.56. The van der Waals surface area contributed by atoms with Crippen LogP contribution in [0.1, 0.15) is 41.6 Å². The molecule has 0 bridgehead atoms. The van der Waals surface area contributed by atoms with Gasteiger partial charge in [-0.15, -0.1) is 0 Å². The minimum Gasteiger partial charge on any atom is -0.294 e. The molecule has 18 heavy (non-hydrogen) atoms. The van der Waals surface area contributed by atoms with Gasteiger partial charge in [-0.05, 0) is 36.1 Å². The molecule has 3 rings (SSSR count). The molecule has 0 spiro atoms.